The Kier molecular flexibility index (Phi) is 2.53. The number of hydrogen-bond donors (Lipinski definition) is 2. The summed E-state index contributed by atoms with van der Waals surface area (Å²) in [5, 5.41) is 20.6. The van der Waals surface area contributed by atoms with E-state index >= 15 is 0 Å². The summed E-state index contributed by atoms with van der Waals surface area (Å²) in [7, 11) is 0. The van der Waals surface area contributed by atoms with Gasteiger partial charge in [-0.05, 0) is 31.0 Å². The molecule has 0 radical (unpaired) electrons. The Morgan fingerprint density at radius 2 is 2.24 bits per heavy atom. The summed E-state index contributed by atoms with van der Waals surface area (Å²) in [4.78, 5) is 0. The van der Waals surface area contributed by atoms with E-state index in [2.05, 4.69) is 15.5 Å². The Balaban J connectivity index is 1.74. The molecule has 2 N–H and O–H groups in total. The molecule has 0 amide bonds. The Morgan fingerprint density at radius 3 is 3.00 bits per heavy atom. The van der Waals surface area contributed by atoms with Gasteiger partial charge >= 0.3 is 0 Å². The normalized spacial score (nSPS) is 15.1. The molecule has 0 bridgehead atoms. The molecule has 5 nitrogen and oxygen atoms in total. The summed E-state index contributed by atoms with van der Waals surface area (Å²) < 4.78 is 5.51. The summed E-state index contributed by atoms with van der Waals surface area (Å²) in [5.41, 5.74) is 0.732. The van der Waals surface area contributed by atoms with Crippen LogP contribution in [0, 0.1) is 0 Å². The van der Waals surface area contributed by atoms with E-state index in [1.807, 2.05) is 6.07 Å². The monoisotopic (exact) mass is 231 g/mol. The Hall–Kier alpha value is -1.88. The van der Waals surface area contributed by atoms with E-state index in [1.165, 1.54) is 12.8 Å². The molecule has 1 aliphatic carbocycles. The molecule has 2 aromatic rings. The standard InChI is InChI=1S/C12H13N3O2/c16-10-3-1-2-8(6-10)12-15-14-11(17-12)7-13-9-4-5-9/h1-3,6,9,13,16H,4-5,7H2. The van der Waals surface area contributed by atoms with Crippen LogP contribution in [0.15, 0.2) is 28.7 Å². The lowest BCUT2D eigenvalue weighted by Gasteiger charge is -1.97. The SMILES string of the molecule is Oc1cccc(-c2nnc(CNC3CC3)o2)c1. The van der Waals surface area contributed by atoms with Crippen LogP contribution in [0.2, 0.25) is 0 Å². The number of rotatable bonds is 4. The van der Waals surface area contributed by atoms with Gasteiger partial charge in [-0.25, -0.2) is 0 Å². The lowest BCUT2D eigenvalue weighted by Crippen LogP contribution is -2.15. The number of phenols is 1. The van der Waals surface area contributed by atoms with E-state index in [0.29, 0.717) is 24.4 Å². The van der Waals surface area contributed by atoms with Crippen molar-refractivity contribution < 1.29 is 9.52 Å². The molecule has 1 aromatic heterocycles. The van der Waals surface area contributed by atoms with Crippen LogP contribution in [-0.2, 0) is 6.54 Å². The number of aromatic hydroxyl groups is 1. The fourth-order valence-corrected chi connectivity index (χ4v) is 1.60. The van der Waals surface area contributed by atoms with Gasteiger partial charge < -0.3 is 14.8 Å². The van der Waals surface area contributed by atoms with Crippen molar-refractivity contribution in [2.75, 3.05) is 0 Å². The van der Waals surface area contributed by atoms with Gasteiger partial charge in [-0.3, -0.25) is 0 Å². The predicted molar refractivity (Wildman–Crippen MR) is 61.3 cm³/mol. The van der Waals surface area contributed by atoms with Crippen molar-refractivity contribution in [2.45, 2.75) is 25.4 Å². The highest BCUT2D eigenvalue weighted by Gasteiger charge is 2.21. The first-order valence-electron chi connectivity index (χ1n) is 5.66. The number of nitrogens with zero attached hydrogens (tertiary/aromatic N) is 2. The first-order chi connectivity index (χ1) is 8.31. The highest BCUT2D eigenvalue weighted by molar-refractivity contribution is 5.54. The van der Waals surface area contributed by atoms with E-state index in [1.54, 1.807) is 18.2 Å². The van der Waals surface area contributed by atoms with Crippen LogP contribution in [-0.4, -0.2) is 21.3 Å². The lowest BCUT2D eigenvalue weighted by molar-refractivity contribution is 0.470. The van der Waals surface area contributed by atoms with Crippen molar-refractivity contribution >= 4 is 0 Å². The molecule has 3 rings (SSSR count). The van der Waals surface area contributed by atoms with Crippen molar-refractivity contribution in [2.24, 2.45) is 0 Å². The van der Waals surface area contributed by atoms with Crippen LogP contribution >= 0.6 is 0 Å². The highest BCUT2D eigenvalue weighted by Crippen LogP contribution is 2.22. The van der Waals surface area contributed by atoms with E-state index in [0.717, 1.165) is 5.56 Å². The van der Waals surface area contributed by atoms with Gasteiger partial charge in [-0.15, -0.1) is 10.2 Å². The molecule has 1 fully saturated rings. The maximum Gasteiger partial charge on any atom is 0.247 e. The largest absolute Gasteiger partial charge is 0.508 e. The Bertz CT molecular complexity index is 520. The van der Waals surface area contributed by atoms with E-state index in [4.69, 9.17) is 4.42 Å². The lowest BCUT2D eigenvalue weighted by atomic mass is 10.2. The van der Waals surface area contributed by atoms with Gasteiger partial charge in [0.25, 0.3) is 0 Å². The van der Waals surface area contributed by atoms with Gasteiger partial charge in [0.2, 0.25) is 11.8 Å². The molecule has 1 aromatic carbocycles. The first-order valence-corrected chi connectivity index (χ1v) is 5.66. The van der Waals surface area contributed by atoms with Gasteiger partial charge in [-0.2, -0.15) is 0 Å². The number of aromatic nitrogens is 2. The van der Waals surface area contributed by atoms with Crippen LogP contribution in [0.5, 0.6) is 5.75 Å². The second-order valence-electron chi connectivity index (χ2n) is 4.21. The third-order valence-electron chi connectivity index (χ3n) is 2.68. The van der Waals surface area contributed by atoms with Crippen molar-refractivity contribution in [3.63, 3.8) is 0 Å². The average molecular weight is 231 g/mol. The Labute approximate surface area is 98.5 Å². The molecule has 0 unspecified atom stereocenters. The minimum Gasteiger partial charge on any atom is -0.508 e. The minimum atomic E-state index is 0.193. The van der Waals surface area contributed by atoms with Crippen LogP contribution in [0.4, 0.5) is 0 Å². The van der Waals surface area contributed by atoms with Crippen LogP contribution < -0.4 is 5.32 Å². The molecule has 0 saturated heterocycles. The molecular formula is C12H13N3O2. The van der Waals surface area contributed by atoms with Gasteiger partial charge in [0, 0.05) is 11.6 Å². The third kappa shape index (κ3) is 2.45. The molecule has 5 heteroatoms. The van der Waals surface area contributed by atoms with Gasteiger partial charge in [0.05, 0.1) is 6.54 Å². The summed E-state index contributed by atoms with van der Waals surface area (Å²) >= 11 is 0. The summed E-state index contributed by atoms with van der Waals surface area (Å²) in [5.74, 6) is 1.21. The first kappa shape index (κ1) is 10.3. The zero-order chi connectivity index (χ0) is 11.7. The maximum atomic E-state index is 9.36. The van der Waals surface area contributed by atoms with Crippen LogP contribution in [0.1, 0.15) is 18.7 Å². The third-order valence-corrected chi connectivity index (χ3v) is 2.68. The molecule has 0 atom stereocenters. The molecule has 0 aliphatic heterocycles. The molecule has 88 valence electrons. The molecule has 0 spiro atoms. The van der Waals surface area contributed by atoms with Crippen molar-refractivity contribution in [3.05, 3.63) is 30.2 Å². The van der Waals surface area contributed by atoms with E-state index in [9.17, 15) is 5.11 Å². The van der Waals surface area contributed by atoms with Crippen LogP contribution in [0.3, 0.4) is 0 Å². The van der Waals surface area contributed by atoms with E-state index < -0.39 is 0 Å². The number of phenolic OH excluding ortho intramolecular Hbond substituents is 1. The molecule has 1 saturated carbocycles. The number of benzene rings is 1. The van der Waals surface area contributed by atoms with Crippen molar-refractivity contribution in [3.8, 4) is 17.2 Å². The summed E-state index contributed by atoms with van der Waals surface area (Å²) in [6.45, 7) is 0.608. The molecule has 17 heavy (non-hydrogen) atoms. The maximum absolute atomic E-state index is 9.36. The minimum absolute atomic E-state index is 0.193. The molecule has 1 heterocycles. The molecule has 1 aliphatic rings. The highest BCUT2D eigenvalue weighted by atomic mass is 16.4. The topological polar surface area (TPSA) is 71.2 Å². The Morgan fingerprint density at radius 1 is 1.35 bits per heavy atom. The number of nitrogens with one attached hydrogen (secondary N) is 1. The zero-order valence-electron chi connectivity index (χ0n) is 9.26. The molecular weight excluding hydrogens is 218 g/mol. The predicted octanol–water partition coefficient (Wildman–Crippen LogP) is 1.69. The van der Waals surface area contributed by atoms with E-state index in [-0.39, 0.29) is 5.75 Å². The average Bonchev–Trinajstić information content (AvgIpc) is 3.04. The fourth-order valence-electron chi connectivity index (χ4n) is 1.60. The number of hydrogen-bond acceptors (Lipinski definition) is 5. The van der Waals surface area contributed by atoms with Crippen molar-refractivity contribution in [1.29, 1.82) is 0 Å². The summed E-state index contributed by atoms with van der Waals surface area (Å²) in [6, 6.07) is 7.40. The van der Waals surface area contributed by atoms with Gasteiger partial charge in [0.1, 0.15) is 5.75 Å². The van der Waals surface area contributed by atoms with Crippen molar-refractivity contribution in [1.82, 2.24) is 15.5 Å². The van der Waals surface area contributed by atoms with Gasteiger partial charge in [-0.1, -0.05) is 6.07 Å². The van der Waals surface area contributed by atoms with Gasteiger partial charge in [0.15, 0.2) is 0 Å². The second-order valence-corrected chi connectivity index (χ2v) is 4.21. The zero-order valence-corrected chi connectivity index (χ0v) is 9.26. The smallest absolute Gasteiger partial charge is 0.247 e. The second kappa shape index (κ2) is 4.18. The summed E-state index contributed by atoms with van der Waals surface area (Å²) in [6.07, 6.45) is 2.46. The fraction of sp³-hybridized carbons (Fsp3) is 0.333. The van der Waals surface area contributed by atoms with Crippen LogP contribution in [0.25, 0.3) is 11.5 Å². The quantitative estimate of drug-likeness (QED) is 0.837.